The Balaban J connectivity index is 1.63. The summed E-state index contributed by atoms with van der Waals surface area (Å²) in [6.07, 6.45) is 4.57. The largest absolute Gasteiger partial charge is 0.304 e. The third-order valence-corrected chi connectivity index (χ3v) is 4.18. The van der Waals surface area contributed by atoms with Crippen molar-refractivity contribution in [3.63, 3.8) is 0 Å². The first-order chi connectivity index (χ1) is 5.78. The van der Waals surface area contributed by atoms with Gasteiger partial charge in [0.1, 0.15) is 0 Å². The topological polar surface area (TPSA) is 6.48 Å². The van der Waals surface area contributed by atoms with Crippen LogP contribution in [0.3, 0.4) is 0 Å². The highest BCUT2D eigenvalue weighted by Crippen LogP contribution is 2.60. The zero-order valence-corrected chi connectivity index (χ0v) is 7.92. The van der Waals surface area contributed by atoms with E-state index in [1.54, 1.807) is 0 Å². The normalized spacial score (nSPS) is 48.2. The predicted molar refractivity (Wildman–Crippen MR) is 49.1 cm³/mol. The van der Waals surface area contributed by atoms with Gasteiger partial charge in [-0.25, -0.2) is 0 Å². The minimum absolute atomic E-state index is 0.728. The molecular weight excluding hydrogens is 148 g/mol. The van der Waals surface area contributed by atoms with Crippen molar-refractivity contribution >= 4 is 0 Å². The number of likely N-dealkylation sites (N-methyl/N-ethyl adjacent to an activating group) is 1. The van der Waals surface area contributed by atoms with E-state index in [9.17, 15) is 0 Å². The van der Waals surface area contributed by atoms with Crippen LogP contribution in [-0.4, -0.2) is 48.6 Å². The molecule has 3 saturated carbocycles. The molecule has 4 aliphatic rings. The summed E-state index contributed by atoms with van der Waals surface area (Å²) in [6, 6.07) is 0. The molecule has 1 heterocycles. The van der Waals surface area contributed by atoms with E-state index in [1.807, 2.05) is 0 Å². The molecule has 0 aromatic carbocycles. The SMILES string of the molecule is CN1CCN(C23CC(C2)C3)CC1. The molecule has 4 fully saturated rings. The van der Waals surface area contributed by atoms with Gasteiger partial charge >= 0.3 is 0 Å². The Labute approximate surface area is 74.5 Å². The second-order valence-electron chi connectivity index (χ2n) is 4.99. The fraction of sp³-hybridized carbons (Fsp3) is 1.00. The van der Waals surface area contributed by atoms with Crippen LogP contribution in [0, 0.1) is 5.92 Å². The molecule has 0 spiro atoms. The summed E-state index contributed by atoms with van der Waals surface area (Å²) in [5, 5.41) is 0. The minimum Gasteiger partial charge on any atom is -0.304 e. The molecule has 0 radical (unpaired) electrons. The van der Waals surface area contributed by atoms with Gasteiger partial charge in [0.05, 0.1) is 0 Å². The summed E-state index contributed by atoms with van der Waals surface area (Å²) in [6.45, 7) is 5.21. The van der Waals surface area contributed by atoms with Gasteiger partial charge < -0.3 is 4.90 Å². The first-order valence-corrected chi connectivity index (χ1v) is 5.22. The van der Waals surface area contributed by atoms with Gasteiger partial charge in [0.2, 0.25) is 0 Å². The van der Waals surface area contributed by atoms with Crippen molar-refractivity contribution in [1.29, 1.82) is 0 Å². The van der Waals surface area contributed by atoms with Crippen molar-refractivity contribution in [2.45, 2.75) is 24.8 Å². The maximum atomic E-state index is 2.76. The molecule has 0 amide bonds. The molecule has 68 valence electrons. The smallest absolute Gasteiger partial charge is 0.0218 e. The average molecular weight is 166 g/mol. The van der Waals surface area contributed by atoms with Crippen LogP contribution < -0.4 is 0 Å². The van der Waals surface area contributed by atoms with E-state index >= 15 is 0 Å². The molecular formula is C10H18N2. The molecule has 0 atom stereocenters. The van der Waals surface area contributed by atoms with Gasteiger partial charge in [-0.05, 0) is 32.2 Å². The maximum Gasteiger partial charge on any atom is 0.0218 e. The third-order valence-electron chi connectivity index (χ3n) is 4.18. The fourth-order valence-electron chi connectivity index (χ4n) is 3.10. The summed E-state index contributed by atoms with van der Waals surface area (Å²) in [7, 11) is 2.24. The van der Waals surface area contributed by atoms with Crippen molar-refractivity contribution in [2.75, 3.05) is 33.2 Å². The maximum absolute atomic E-state index is 2.76. The Hall–Kier alpha value is -0.0800. The highest BCUT2D eigenvalue weighted by Gasteiger charge is 2.59. The molecule has 2 nitrogen and oxygen atoms in total. The Morgan fingerprint density at radius 3 is 2.00 bits per heavy atom. The van der Waals surface area contributed by atoms with Gasteiger partial charge in [0, 0.05) is 31.7 Å². The molecule has 2 bridgehead atoms. The van der Waals surface area contributed by atoms with E-state index in [0.717, 1.165) is 11.5 Å². The number of hydrogen-bond acceptors (Lipinski definition) is 2. The van der Waals surface area contributed by atoms with Crippen LogP contribution in [0.2, 0.25) is 0 Å². The van der Waals surface area contributed by atoms with Crippen LogP contribution >= 0.6 is 0 Å². The molecule has 0 aromatic rings. The monoisotopic (exact) mass is 166 g/mol. The van der Waals surface area contributed by atoms with E-state index in [-0.39, 0.29) is 0 Å². The lowest BCUT2D eigenvalue weighted by atomic mass is 9.49. The van der Waals surface area contributed by atoms with E-state index in [0.29, 0.717) is 0 Å². The summed E-state index contributed by atoms with van der Waals surface area (Å²) in [5.74, 6) is 1.13. The summed E-state index contributed by atoms with van der Waals surface area (Å²) in [5.41, 5.74) is 0.728. The van der Waals surface area contributed by atoms with Crippen molar-refractivity contribution < 1.29 is 0 Å². The van der Waals surface area contributed by atoms with Crippen LogP contribution in [0.25, 0.3) is 0 Å². The molecule has 1 aliphatic heterocycles. The molecule has 12 heavy (non-hydrogen) atoms. The summed E-state index contributed by atoms with van der Waals surface area (Å²) < 4.78 is 0. The Morgan fingerprint density at radius 1 is 1.00 bits per heavy atom. The third kappa shape index (κ3) is 0.826. The lowest BCUT2D eigenvalue weighted by molar-refractivity contribution is -0.153. The first-order valence-electron chi connectivity index (χ1n) is 5.22. The Morgan fingerprint density at radius 2 is 1.58 bits per heavy atom. The van der Waals surface area contributed by atoms with E-state index in [1.165, 1.54) is 45.4 Å². The molecule has 1 saturated heterocycles. The molecule has 0 N–H and O–H groups in total. The van der Waals surface area contributed by atoms with Crippen molar-refractivity contribution in [1.82, 2.24) is 9.80 Å². The van der Waals surface area contributed by atoms with Crippen LogP contribution in [-0.2, 0) is 0 Å². The molecule has 2 heteroatoms. The molecule has 0 aromatic heterocycles. The number of nitrogens with zero attached hydrogens (tertiary/aromatic N) is 2. The van der Waals surface area contributed by atoms with Crippen molar-refractivity contribution in [2.24, 2.45) is 5.92 Å². The summed E-state index contributed by atoms with van der Waals surface area (Å²) in [4.78, 5) is 5.20. The van der Waals surface area contributed by atoms with Gasteiger partial charge in [0.15, 0.2) is 0 Å². The minimum atomic E-state index is 0.728. The lowest BCUT2D eigenvalue weighted by Crippen LogP contribution is -2.70. The number of piperazine rings is 1. The highest BCUT2D eigenvalue weighted by molar-refractivity contribution is 5.15. The van der Waals surface area contributed by atoms with E-state index in [4.69, 9.17) is 0 Å². The van der Waals surface area contributed by atoms with Gasteiger partial charge in [-0.15, -0.1) is 0 Å². The highest BCUT2D eigenvalue weighted by atomic mass is 15.3. The first kappa shape index (κ1) is 7.34. The van der Waals surface area contributed by atoms with E-state index < -0.39 is 0 Å². The summed E-state index contributed by atoms with van der Waals surface area (Å²) >= 11 is 0. The lowest BCUT2D eigenvalue weighted by Gasteiger charge is -2.67. The Kier molecular flexibility index (Phi) is 1.37. The fourth-order valence-corrected chi connectivity index (χ4v) is 3.10. The van der Waals surface area contributed by atoms with Gasteiger partial charge in [-0.2, -0.15) is 0 Å². The predicted octanol–water partition coefficient (Wildman–Crippen LogP) is 0.786. The van der Waals surface area contributed by atoms with Crippen molar-refractivity contribution in [3.8, 4) is 0 Å². The second kappa shape index (κ2) is 2.24. The zero-order chi connectivity index (χ0) is 8.18. The molecule has 4 rings (SSSR count). The van der Waals surface area contributed by atoms with Gasteiger partial charge in [0.25, 0.3) is 0 Å². The number of hydrogen-bond donors (Lipinski definition) is 0. The van der Waals surface area contributed by atoms with Crippen LogP contribution in [0.4, 0.5) is 0 Å². The second-order valence-corrected chi connectivity index (χ2v) is 4.99. The standard InChI is InChI=1S/C10H18N2/c1-11-2-4-12(5-3-11)10-6-9(7-10)8-10/h9H,2-8H2,1H3. The van der Waals surface area contributed by atoms with Crippen LogP contribution in [0.15, 0.2) is 0 Å². The quantitative estimate of drug-likeness (QED) is 0.568. The van der Waals surface area contributed by atoms with Crippen LogP contribution in [0.1, 0.15) is 19.3 Å². The van der Waals surface area contributed by atoms with Gasteiger partial charge in [-0.1, -0.05) is 0 Å². The van der Waals surface area contributed by atoms with Gasteiger partial charge in [-0.3, -0.25) is 4.90 Å². The molecule has 0 unspecified atom stereocenters. The van der Waals surface area contributed by atoms with E-state index in [2.05, 4.69) is 16.8 Å². The zero-order valence-electron chi connectivity index (χ0n) is 7.92. The Bertz CT molecular complexity index is 177. The molecule has 3 aliphatic carbocycles. The average Bonchev–Trinajstić information content (AvgIpc) is 1.87. The van der Waals surface area contributed by atoms with Crippen LogP contribution in [0.5, 0.6) is 0 Å². The number of rotatable bonds is 1. The van der Waals surface area contributed by atoms with Crippen molar-refractivity contribution in [3.05, 3.63) is 0 Å².